The van der Waals surface area contributed by atoms with E-state index in [1.807, 2.05) is 0 Å². The normalized spacial score (nSPS) is 8.25. The highest BCUT2D eigenvalue weighted by molar-refractivity contribution is 9.38. The molecule has 52 valence electrons. The van der Waals surface area contributed by atoms with E-state index >= 15 is 0 Å². The molecule has 0 aliphatic carbocycles. The molecule has 0 rings (SSSR count). The molecule has 0 nitrogen and oxygen atoms in total. The Morgan fingerprint density at radius 2 is 1.12 bits per heavy atom. The van der Waals surface area contributed by atoms with Crippen molar-refractivity contribution < 1.29 is 0 Å². The molecule has 0 bridgehead atoms. The first-order chi connectivity index (χ1) is 3.65. The molecule has 0 spiro atoms. The van der Waals surface area contributed by atoms with Crippen LogP contribution in [0, 0.1) is 0 Å². The van der Waals surface area contributed by atoms with Crippen molar-refractivity contribution in [1.82, 2.24) is 0 Å². The standard InChI is InChI=1S/C2H4Cl2.CHBr3/c3-1-2-4;2-1(3)4/h1-2H2;1H. The number of hydrogen-bond donors (Lipinski definition) is 0. The SMILES string of the molecule is BrC(Br)Br.ClCCCl. The first-order valence-corrected chi connectivity index (χ1v) is 5.51. The predicted molar refractivity (Wildman–Crippen MR) is 52.0 cm³/mol. The van der Waals surface area contributed by atoms with Gasteiger partial charge in [-0.1, -0.05) is 47.8 Å². The zero-order valence-corrected chi connectivity index (χ0v) is 10.2. The quantitative estimate of drug-likeness (QED) is 0.628. The van der Waals surface area contributed by atoms with E-state index in [0.29, 0.717) is 11.8 Å². The van der Waals surface area contributed by atoms with Crippen LogP contribution < -0.4 is 0 Å². The Morgan fingerprint density at radius 1 is 1.00 bits per heavy atom. The van der Waals surface area contributed by atoms with Crippen molar-refractivity contribution in [1.29, 1.82) is 0 Å². The van der Waals surface area contributed by atoms with Gasteiger partial charge in [0.15, 0.2) is 0 Å². The average molecular weight is 352 g/mol. The zero-order valence-electron chi connectivity index (χ0n) is 3.88. The number of alkyl halides is 5. The van der Waals surface area contributed by atoms with Crippen LogP contribution in [0.1, 0.15) is 0 Å². The second kappa shape index (κ2) is 11.8. The molecule has 0 atom stereocenters. The molecular formula is C3H5Br3Cl2. The van der Waals surface area contributed by atoms with Crippen molar-refractivity contribution in [3.63, 3.8) is 0 Å². The Labute approximate surface area is 84.7 Å². The van der Waals surface area contributed by atoms with Gasteiger partial charge >= 0.3 is 0 Å². The van der Waals surface area contributed by atoms with E-state index in [1.165, 1.54) is 0 Å². The van der Waals surface area contributed by atoms with E-state index in [1.54, 1.807) is 0 Å². The average Bonchev–Trinajstić information content (AvgIpc) is 1.65. The summed E-state index contributed by atoms with van der Waals surface area (Å²) in [6.07, 6.45) is 0. The van der Waals surface area contributed by atoms with Crippen LogP contribution in [0.25, 0.3) is 0 Å². The van der Waals surface area contributed by atoms with Crippen LogP contribution in [-0.4, -0.2) is 14.4 Å². The second-order valence-electron chi connectivity index (χ2n) is 0.625. The Morgan fingerprint density at radius 3 is 1.12 bits per heavy atom. The molecule has 0 aliphatic rings. The molecule has 0 aliphatic heterocycles. The van der Waals surface area contributed by atoms with Gasteiger partial charge in [-0.2, -0.15) is 0 Å². The topological polar surface area (TPSA) is 0 Å². The lowest BCUT2D eigenvalue weighted by molar-refractivity contribution is 1.52. The minimum absolute atomic E-state index is 0.271. The molecule has 0 saturated heterocycles. The Kier molecular flexibility index (Phi) is 18.7. The number of halogens is 5. The maximum absolute atomic E-state index is 5.05. The van der Waals surface area contributed by atoms with Crippen molar-refractivity contribution in [2.24, 2.45) is 0 Å². The Hall–Kier alpha value is 2.02. The summed E-state index contributed by atoms with van der Waals surface area (Å²) in [5.41, 5.74) is 0. The van der Waals surface area contributed by atoms with Gasteiger partial charge in [-0.05, 0) is 0 Å². The Bertz CT molecular complexity index is 29.0. The van der Waals surface area contributed by atoms with Crippen LogP contribution in [0.15, 0.2) is 0 Å². The first kappa shape index (κ1) is 12.7. The first-order valence-electron chi connectivity index (χ1n) is 1.69. The van der Waals surface area contributed by atoms with Gasteiger partial charge in [0.2, 0.25) is 0 Å². The molecule has 0 unspecified atom stereocenters. The molecule has 0 heterocycles. The van der Waals surface area contributed by atoms with E-state index in [-0.39, 0.29) is 2.65 Å². The molecule has 0 saturated carbocycles. The van der Waals surface area contributed by atoms with Gasteiger partial charge in [-0.3, -0.25) is 0 Å². The van der Waals surface area contributed by atoms with Crippen molar-refractivity contribution in [3.8, 4) is 0 Å². The number of rotatable bonds is 1. The summed E-state index contributed by atoms with van der Waals surface area (Å²) >= 11 is 19.4. The van der Waals surface area contributed by atoms with Crippen LogP contribution in [0.2, 0.25) is 0 Å². The van der Waals surface area contributed by atoms with Crippen molar-refractivity contribution in [2.45, 2.75) is 2.65 Å². The minimum atomic E-state index is 0.271. The Balaban J connectivity index is 0. The van der Waals surface area contributed by atoms with Crippen molar-refractivity contribution in [3.05, 3.63) is 0 Å². The maximum Gasteiger partial charge on any atom is 0.124 e. The fourth-order valence-electron chi connectivity index (χ4n) is 0. The van der Waals surface area contributed by atoms with Gasteiger partial charge in [0.25, 0.3) is 0 Å². The number of hydrogen-bond acceptors (Lipinski definition) is 0. The molecule has 0 N–H and O–H groups in total. The third-order valence-corrected chi connectivity index (χ3v) is 0.643. The van der Waals surface area contributed by atoms with Crippen LogP contribution in [0.5, 0.6) is 0 Å². The summed E-state index contributed by atoms with van der Waals surface area (Å²) in [5, 5.41) is 0. The third-order valence-electron chi connectivity index (χ3n) is 0.0714. The smallest absolute Gasteiger partial charge is 0.124 e. The fourth-order valence-corrected chi connectivity index (χ4v) is 0. The highest BCUT2D eigenvalue weighted by Crippen LogP contribution is 2.13. The minimum Gasteiger partial charge on any atom is -0.125 e. The largest absolute Gasteiger partial charge is 0.125 e. The summed E-state index contributed by atoms with van der Waals surface area (Å²) in [6, 6.07) is 0. The molecule has 0 aromatic carbocycles. The second-order valence-corrected chi connectivity index (χ2v) is 7.81. The lowest BCUT2D eigenvalue weighted by Crippen LogP contribution is -1.63. The van der Waals surface area contributed by atoms with Crippen LogP contribution in [0.4, 0.5) is 0 Å². The fraction of sp³-hybridized carbons (Fsp3) is 1.00. The van der Waals surface area contributed by atoms with E-state index in [9.17, 15) is 0 Å². The van der Waals surface area contributed by atoms with Gasteiger partial charge in [-0.15, -0.1) is 23.2 Å². The lowest BCUT2D eigenvalue weighted by atomic mass is 11.0. The maximum atomic E-state index is 5.05. The summed E-state index contributed by atoms with van der Waals surface area (Å²) in [6.45, 7) is 0. The van der Waals surface area contributed by atoms with Crippen molar-refractivity contribution in [2.75, 3.05) is 11.8 Å². The molecular weight excluding hydrogens is 347 g/mol. The highest BCUT2D eigenvalue weighted by Gasteiger charge is 1.77. The molecule has 0 radical (unpaired) electrons. The third kappa shape index (κ3) is 43.3. The molecule has 0 amide bonds. The summed E-state index contributed by atoms with van der Waals surface area (Å²) in [4.78, 5) is 0. The molecule has 8 heavy (non-hydrogen) atoms. The van der Waals surface area contributed by atoms with E-state index in [2.05, 4.69) is 47.8 Å². The monoisotopic (exact) mass is 348 g/mol. The highest BCUT2D eigenvalue weighted by atomic mass is 80.0. The van der Waals surface area contributed by atoms with E-state index < -0.39 is 0 Å². The predicted octanol–water partition coefficient (Wildman–Crippen LogP) is 3.92. The molecule has 5 heteroatoms. The molecule has 0 fully saturated rings. The van der Waals surface area contributed by atoms with E-state index in [4.69, 9.17) is 23.2 Å². The van der Waals surface area contributed by atoms with Crippen LogP contribution in [-0.2, 0) is 0 Å². The van der Waals surface area contributed by atoms with Gasteiger partial charge in [0, 0.05) is 11.8 Å². The lowest BCUT2D eigenvalue weighted by Gasteiger charge is -1.70. The van der Waals surface area contributed by atoms with Gasteiger partial charge in [-0.25, -0.2) is 0 Å². The van der Waals surface area contributed by atoms with Crippen molar-refractivity contribution >= 4 is 71.0 Å². The molecule has 0 aromatic rings. The van der Waals surface area contributed by atoms with Crippen LogP contribution in [0.3, 0.4) is 0 Å². The van der Waals surface area contributed by atoms with Gasteiger partial charge in [0.1, 0.15) is 2.65 Å². The molecule has 0 aromatic heterocycles. The summed E-state index contributed by atoms with van der Waals surface area (Å²) in [7, 11) is 0. The summed E-state index contributed by atoms with van der Waals surface area (Å²) < 4.78 is 0.271. The summed E-state index contributed by atoms with van der Waals surface area (Å²) in [5.74, 6) is 1.11. The zero-order chi connectivity index (χ0) is 6.99. The van der Waals surface area contributed by atoms with Crippen LogP contribution >= 0.6 is 71.0 Å². The van der Waals surface area contributed by atoms with E-state index in [0.717, 1.165) is 0 Å². The van der Waals surface area contributed by atoms with Gasteiger partial charge in [0.05, 0.1) is 0 Å². The van der Waals surface area contributed by atoms with Gasteiger partial charge < -0.3 is 0 Å².